The van der Waals surface area contributed by atoms with E-state index in [-0.39, 0.29) is 6.42 Å². The van der Waals surface area contributed by atoms with Gasteiger partial charge in [0.05, 0.1) is 6.61 Å². The Hall–Kier alpha value is -1.83. The van der Waals surface area contributed by atoms with Gasteiger partial charge in [-0.15, -0.1) is 0 Å². The molecule has 0 radical (unpaired) electrons. The van der Waals surface area contributed by atoms with Crippen molar-refractivity contribution >= 4 is 17.9 Å². The molecule has 0 aliphatic rings. The van der Waals surface area contributed by atoms with E-state index in [0.29, 0.717) is 0 Å². The van der Waals surface area contributed by atoms with E-state index in [1.165, 1.54) is 0 Å². The van der Waals surface area contributed by atoms with Gasteiger partial charge < -0.3 is 26.6 Å². The number of aliphatic hydroxyl groups excluding tert-OH is 1. The van der Waals surface area contributed by atoms with Crippen LogP contribution in [0.25, 0.3) is 0 Å². The molecule has 0 aromatic carbocycles. The Kier molecular flexibility index (Phi) is 5.86. The minimum absolute atomic E-state index is 0.0513. The molecule has 0 rings (SSSR count). The summed E-state index contributed by atoms with van der Waals surface area (Å²) in [7, 11) is 0. The molecule has 8 nitrogen and oxygen atoms in total. The molecule has 0 aliphatic carbocycles. The van der Waals surface area contributed by atoms with Gasteiger partial charge in [0.15, 0.2) is 6.04 Å². The summed E-state index contributed by atoms with van der Waals surface area (Å²) in [6, 6.07) is -2.67. The van der Waals surface area contributed by atoms with E-state index in [0.717, 1.165) is 0 Å². The third-order valence-corrected chi connectivity index (χ3v) is 1.67. The smallest absolute Gasteiger partial charge is 0.328 e. The standard InChI is InChI=1S/C8H15N3O5/c1-4(2-6(9)13)10-8(16)11-5(3-12)7(14)15/h4-5,12H,2-3H2,1H3,(H2,9,13)(H,14,15)(H2,10,11,16)/t4?,5-/m0/s1. The molecule has 6 N–H and O–H groups in total. The highest BCUT2D eigenvalue weighted by atomic mass is 16.4. The minimum Gasteiger partial charge on any atom is -0.480 e. The van der Waals surface area contributed by atoms with Crippen molar-refractivity contribution in [2.24, 2.45) is 5.73 Å². The summed E-state index contributed by atoms with van der Waals surface area (Å²) in [4.78, 5) is 32.1. The fourth-order valence-corrected chi connectivity index (χ4v) is 0.962. The first-order valence-electron chi connectivity index (χ1n) is 4.55. The van der Waals surface area contributed by atoms with Crippen molar-refractivity contribution in [1.82, 2.24) is 10.6 Å². The molecule has 0 spiro atoms. The number of amides is 3. The third-order valence-electron chi connectivity index (χ3n) is 1.67. The van der Waals surface area contributed by atoms with Gasteiger partial charge in [-0.2, -0.15) is 0 Å². The maximum atomic E-state index is 11.2. The number of hydrogen-bond donors (Lipinski definition) is 5. The fourth-order valence-electron chi connectivity index (χ4n) is 0.962. The van der Waals surface area contributed by atoms with Gasteiger partial charge in [-0.25, -0.2) is 9.59 Å². The van der Waals surface area contributed by atoms with E-state index in [2.05, 4.69) is 5.32 Å². The number of carbonyl (C=O) groups is 3. The second kappa shape index (κ2) is 6.62. The van der Waals surface area contributed by atoms with Crippen LogP contribution in [0.4, 0.5) is 4.79 Å². The molecule has 0 aromatic heterocycles. The Labute approximate surface area is 91.8 Å². The molecule has 0 bridgehead atoms. The number of nitrogens with two attached hydrogens (primary N) is 1. The van der Waals surface area contributed by atoms with E-state index < -0.39 is 36.6 Å². The van der Waals surface area contributed by atoms with Crippen molar-refractivity contribution < 1.29 is 24.6 Å². The molecule has 1 unspecified atom stereocenters. The van der Waals surface area contributed by atoms with Crippen molar-refractivity contribution in [3.63, 3.8) is 0 Å². The van der Waals surface area contributed by atoms with Gasteiger partial charge in [-0.3, -0.25) is 4.79 Å². The van der Waals surface area contributed by atoms with Crippen LogP contribution in [0.2, 0.25) is 0 Å². The van der Waals surface area contributed by atoms with Gasteiger partial charge >= 0.3 is 12.0 Å². The highest BCUT2D eigenvalue weighted by molar-refractivity contribution is 5.83. The molecule has 2 atom stereocenters. The number of nitrogens with one attached hydrogen (secondary N) is 2. The average molecular weight is 233 g/mol. The zero-order valence-electron chi connectivity index (χ0n) is 8.77. The predicted molar refractivity (Wildman–Crippen MR) is 53.5 cm³/mol. The fraction of sp³-hybridized carbons (Fsp3) is 0.625. The van der Waals surface area contributed by atoms with Crippen LogP contribution in [0.3, 0.4) is 0 Å². The highest BCUT2D eigenvalue weighted by Gasteiger charge is 2.19. The van der Waals surface area contributed by atoms with E-state index in [9.17, 15) is 14.4 Å². The predicted octanol–water partition coefficient (Wildman–Crippen LogP) is -2.00. The van der Waals surface area contributed by atoms with Gasteiger partial charge in [0.1, 0.15) is 0 Å². The van der Waals surface area contributed by atoms with Crippen LogP contribution in [-0.4, -0.2) is 46.8 Å². The number of hydrogen-bond acceptors (Lipinski definition) is 4. The van der Waals surface area contributed by atoms with Gasteiger partial charge in [-0.05, 0) is 6.92 Å². The van der Waals surface area contributed by atoms with E-state index in [1.54, 1.807) is 6.92 Å². The van der Waals surface area contributed by atoms with E-state index >= 15 is 0 Å². The van der Waals surface area contributed by atoms with Crippen LogP contribution < -0.4 is 16.4 Å². The van der Waals surface area contributed by atoms with Gasteiger partial charge in [0, 0.05) is 12.5 Å². The van der Waals surface area contributed by atoms with Gasteiger partial charge in [0.25, 0.3) is 0 Å². The van der Waals surface area contributed by atoms with Crippen molar-refractivity contribution in [1.29, 1.82) is 0 Å². The quantitative estimate of drug-likeness (QED) is 0.360. The summed E-state index contributed by atoms with van der Waals surface area (Å²) in [5, 5.41) is 21.5. The Morgan fingerprint density at radius 2 is 1.88 bits per heavy atom. The molecule has 8 heteroatoms. The molecular formula is C8H15N3O5. The molecule has 0 fully saturated rings. The van der Waals surface area contributed by atoms with Crippen LogP contribution in [0.1, 0.15) is 13.3 Å². The number of carboxylic acids is 1. The summed E-state index contributed by atoms with van der Waals surface area (Å²) in [5.41, 5.74) is 4.90. The SMILES string of the molecule is CC(CC(N)=O)NC(=O)N[C@@H](CO)C(=O)O. The number of carboxylic acid groups (broad SMARTS) is 1. The van der Waals surface area contributed by atoms with Crippen molar-refractivity contribution in [3.05, 3.63) is 0 Å². The number of aliphatic carboxylic acids is 1. The first-order chi connectivity index (χ1) is 7.36. The van der Waals surface area contributed by atoms with Gasteiger partial charge in [-0.1, -0.05) is 0 Å². The molecule has 0 aromatic rings. The minimum atomic E-state index is -1.37. The lowest BCUT2D eigenvalue weighted by Gasteiger charge is -2.16. The van der Waals surface area contributed by atoms with Crippen molar-refractivity contribution in [3.8, 4) is 0 Å². The Morgan fingerprint density at radius 1 is 1.31 bits per heavy atom. The molecule has 16 heavy (non-hydrogen) atoms. The highest BCUT2D eigenvalue weighted by Crippen LogP contribution is 1.89. The molecule has 0 saturated carbocycles. The molecule has 0 saturated heterocycles. The van der Waals surface area contributed by atoms with Crippen molar-refractivity contribution in [2.75, 3.05) is 6.61 Å². The zero-order valence-corrected chi connectivity index (χ0v) is 8.77. The summed E-state index contributed by atoms with van der Waals surface area (Å²) in [5.74, 6) is -1.93. The zero-order chi connectivity index (χ0) is 12.7. The Morgan fingerprint density at radius 3 is 2.25 bits per heavy atom. The maximum Gasteiger partial charge on any atom is 0.328 e. The number of rotatable bonds is 6. The van der Waals surface area contributed by atoms with E-state index in [1.807, 2.05) is 5.32 Å². The lowest BCUT2D eigenvalue weighted by molar-refractivity contribution is -0.140. The molecule has 92 valence electrons. The summed E-state index contributed by atoms with van der Waals surface area (Å²) in [6.07, 6.45) is -0.0513. The number of aliphatic hydroxyl groups is 1. The van der Waals surface area contributed by atoms with Crippen LogP contribution in [0, 0.1) is 0 Å². The summed E-state index contributed by atoms with van der Waals surface area (Å²) in [6.45, 7) is 0.825. The number of urea groups is 1. The molecule has 0 aliphatic heterocycles. The summed E-state index contributed by atoms with van der Waals surface area (Å²) < 4.78 is 0. The monoisotopic (exact) mass is 233 g/mol. The second-order valence-corrected chi connectivity index (χ2v) is 3.26. The van der Waals surface area contributed by atoms with Crippen LogP contribution in [-0.2, 0) is 9.59 Å². The van der Waals surface area contributed by atoms with Crippen molar-refractivity contribution in [2.45, 2.75) is 25.4 Å². The second-order valence-electron chi connectivity index (χ2n) is 3.26. The van der Waals surface area contributed by atoms with Gasteiger partial charge in [0.2, 0.25) is 5.91 Å². The lowest BCUT2D eigenvalue weighted by atomic mass is 10.2. The number of primary amides is 1. The Balaban J connectivity index is 4.06. The first-order valence-corrected chi connectivity index (χ1v) is 4.55. The largest absolute Gasteiger partial charge is 0.480 e. The van der Waals surface area contributed by atoms with Crippen LogP contribution in [0.15, 0.2) is 0 Å². The molecular weight excluding hydrogens is 218 g/mol. The Bertz CT molecular complexity index is 281. The van der Waals surface area contributed by atoms with Crippen LogP contribution in [0.5, 0.6) is 0 Å². The normalized spacial score (nSPS) is 13.6. The average Bonchev–Trinajstić information content (AvgIpc) is 2.11. The van der Waals surface area contributed by atoms with E-state index in [4.69, 9.17) is 15.9 Å². The third kappa shape index (κ3) is 5.81. The number of carbonyl (C=O) groups excluding carboxylic acids is 2. The molecule has 0 heterocycles. The maximum absolute atomic E-state index is 11.2. The summed E-state index contributed by atoms with van der Waals surface area (Å²) >= 11 is 0. The van der Waals surface area contributed by atoms with Crippen LogP contribution >= 0.6 is 0 Å². The lowest BCUT2D eigenvalue weighted by Crippen LogP contribution is -2.50. The molecule has 3 amide bonds. The topological polar surface area (TPSA) is 142 Å². The first kappa shape index (κ1) is 14.2.